The number of hydrogen-bond acceptors (Lipinski definition) is 4. The molecule has 27 heavy (non-hydrogen) atoms. The molecule has 0 spiro atoms. The zero-order valence-electron chi connectivity index (χ0n) is 14.5. The molecule has 0 aliphatic rings. The minimum absolute atomic E-state index is 0.117. The van der Waals surface area contributed by atoms with Crippen LogP contribution in [0.4, 0.5) is 23.1 Å². The number of nitrogens with one attached hydrogen (secondary N) is 2. The molecule has 2 aromatic heterocycles. The molecule has 2 heterocycles. The third-order valence-electron chi connectivity index (χ3n) is 3.88. The van der Waals surface area contributed by atoms with Crippen molar-refractivity contribution in [1.82, 2.24) is 20.1 Å². The molecule has 0 aliphatic heterocycles. The third-order valence-corrected chi connectivity index (χ3v) is 4.64. The minimum Gasteiger partial charge on any atom is -0.334 e. The normalized spacial score (nSPS) is 11.4. The van der Waals surface area contributed by atoms with E-state index in [1.807, 2.05) is 44.2 Å². The first kappa shape index (κ1) is 18.9. The van der Waals surface area contributed by atoms with Crippen molar-refractivity contribution in [3.8, 4) is 5.69 Å². The van der Waals surface area contributed by atoms with Gasteiger partial charge in [0.2, 0.25) is 0 Å². The Balaban J connectivity index is 1.66. The van der Waals surface area contributed by atoms with Gasteiger partial charge in [-0.25, -0.2) is 14.5 Å². The number of urea groups is 1. The highest BCUT2D eigenvalue weighted by Gasteiger charge is 2.33. The van der Waals surface area contributed by atoms with Crippen LogP contribution in [-0.2, 0) is 12.7 Å². The highest BCUT2D eigenvalue weighted by molar-refractivity contribution is 7.13. The van der Waals surface area contributed by atoms with Crippen molar-refractivity contribution in [3.05, 3.63) is 58.4 Å². The lowest BCUT2D eigenvalue weighted by Crippen LogP contribution is -2.28. The van der Waals surface area contributed by atoms with E-state index in [1.54, 1.807) is 4.68 Å². The number of carbonyl (C=O) groups is 1. The van der Waals surface area contributed by atoms with Crippen LogP contribution in [0, 0.1) is 13.8 Å². The first-order chi connectivity index (χ1) is 12.8. The van der Waals surface area contributed by atoms with Crippen LogP contribution in [0.5, 0.6) is 0 Å². The van der Waals surface area contributed by atoms with Crippen molar-refractivity contribution in [2.45, 2.75) is 26.6 Å². The molecular formula is C17H16F3N5OS. The second-order valence-electron chi connectivity index (χ2n) is 5.74. The Hall–Kier alpha value is -2.88. The Kier molecular flexibility index (Phi) is 5.17. The molecule has 0 atom stereocenters. The van der Waals surface area contributed by atoms with Gasteiger partial charge in [-0.05, 0) is 26.0 Å². The maximum Gasteiger partial charge on any atom is 0.434 e. The SMILES string of the molecule is Cc1nn(-c2ccccc2)c(C)c1CNC(=O)Nc1nc(C(F)(F)F)cs1. The summed E-state index contributed by atoms with van der Waals surface area (Å²) in [4.78, 5) is 15.3. The van der Waals surface area contributed by atoms with Gasteiger partial charge in [0.05, 0.1) is 11.4 Å². The summed E-state index contributed by atoms with van der Waals surface area (Å²) in [6, 6.07) is 8.92. The lowest BCUT2D eigenvalue weighted by Gasteiger charge is -2.07. The number of nitrogens with zero attached hydrogens (tertiary/aromatic N) is 3. The predicted molar refractivity (Wildman–Crippen MR) is 96.0 cm³/mol. The Labute approximate surface area is 157 Å². The lowest BCUT2D eigenvalue weighted by atomic mass is 10.2. The first-order valence-electron chi connectivity index (χ1n) is 7.94. The van der Waals surface area contributed by atoms with E-state index in [9.17, 15) is 18.0 Å². The fourth-order valence-electron chi connectivity index (χ4n) is 2.52. The molecule has 2 amide bonds. The van der Waals surface area contributed by atoms with Gasteiger partial charge in [-0.15, -0.1) is 11.3 Å². The molecule has 1 aromatic carbocycles. The van der Waals surface area contributed by atoms with Crippen molar-refractivity contribution in [1.29, 1.82) is 0 Å². The zero-order chi connectivity index (χ0) is 19.6. The molecule has 0 saturated carbocycles. The van der Waals surface area contributed by atoms with E-state index in [-0.39, 0.29) is 11.7 Å². The first-order valence-corrected chi connectivity index (χ1v) is 8.82. The maximum absolute atomic E-state index is 12.5. The summed E-state index contributed by atoms with van der Waals surface area (Å²) in [5.41, 5.74) is 2.33. The Morgan fingerprint density at radius 3 is 2.56 bits per heavy atom. The number of thiazole rings is 1. The molecule has 0 fully saturated rings. The molecule has 3 rings (SSSR count). The third kappa shape index (κ3) is 4.27. The maximum atomic E-state index is 12.5. The van der Waals surface area contributed by atoms with Crippen LogP contribution >= 0.6 is 11.3 Å². The van der Waals surface area contributed by atoms with Crippen molar-refractivity contribution in [3.63, 3.8) is 0 Å². The smallest absolute Gasteiger partial charge is 0.334 e. The van der Waals surface area contributed by atoms with Crippen LogP contribution in [0.2, 0.25) is 0 Å². The van der Waals surface area contributed by atoms with Crippen molar-refractivity contribution >= 4 is 22.5 Å². The van der Waals surface area contributed by atoms with Gasteiger partial charge in [0.15, 0.2) is 10.8 Å². The van der Waals surface area contributed by atoms with E-state index < -0.39 is 17.9 Å². The van der Waals surface area contributed by atoms with Crippen LogP contribution in [0.15, 0.2) is 35.7 Å². The standard InChI is InChI=1S/C17H16F3N5OS/c1-10-13(11(2)25(24-10)12-6-4-3-5-7-12)8-21-15(26)23-16-22-14(9-27-16)17(18,19)20/h3-7,9H,8H2,1-2H3,(H2,21,22,23,26). The van der Waals surface area contributed by atoms with Crippen molar-refractivity contribution < 1.29 is 18.0 Å². The van der Waals surface area contributed by atoms with Gasteiger partial charge in [-0.2, -0.15) is 18.3 Å². The van der Waals surface area contributed by atoms with E-state index in [0.29, 0.717) is 11.3 Å². The van der Waals surface area contributed by atoms with Crippen LogP contribution in [-0.4, -0.2) is 20.8 Å². The van der Waals surface area contributed by atoms with Crippen molar-refractivity contribution in [2.75, 3.05) is 5.32 Å². The number of aryl methyl sites for hydroxylation is 1. The molecule has 10 heteroatoms. The Morgan fingerprint density at radius 1 is 1.22 bits per heavy atom. The fraction of sp³-hybridized carbons (Fsp3) is 0.235. The summed E-state index contributed by atoms with van der Waals surface area (Å²) in [5.74, 6) is 0. The monoisotopic (exact) mass is 395 g/mol. The molecule has 0 aliphatic carbocycles. The van der Waals surface area contributed by atoms with E-state index in [2.05, 4.69) is 20.7 Å². The average Bonchev–Trinajstić information content (AvgIpc) is 3.19. The summed E-state index contributed by atoms with van der Waals surface area (Å²) < 4.78 is 39.4. The van der Waals surface area contributed by atoms with Crippen LogP contribution in [0.1, 0.15) is 22.6 Å². The summed E-state index contributed by atoms with van der Waals surface area (Å²) in [6.07, 6.45) is -4.53. The molecule has 2 N–H and O–H groups in total. The number of para-hydroxylation sites is 1. The van der Waals surface area contributed by atoms with E-state index in [4.69, 9.17) is 0 Å². The van der Waals surface area contributed by atoms with Gasteiger partial charge in [0.25, 0.3) is 0 Å². The second kappa shape index (κ2) is 7.39. The van der Waals surface area contributed by atoms with E-state index in [1.165, 1.54) is 0 Å². The summed E-state index contributed by atoms with van der Waals surface area (Å²) >= 11 is 0.715. The molecule has 142 valence electrons. The van der Waals surface area contributed by atoms with Gasteiger partial charge in [-0.3, -0.25) is 5.32 Å². The summed E-state index contributed by atoms with van der Waals surface area (Å²) in [7, 11) is 0. The molecule has 0 radical (unpaired) electrons. The number of carbonyl (C=O) groups excluding carboxylic acids is 1. The van der Waals surface area contributed by atoms with Crippen LogP contribution < -0.4 is 10.6 Å². The van der Waals surface area contributed by atoms with E-state index in [0.717, 1.165) is 28.0 Å². The lowest BCUT2D eigenvalue weighted by molar-refractivity contribution is -0.140. The fourth-order valence-corrected chi connectivity index (χ4v) is 3.24. The highest BCUT2D eigenvalue weighted by atomic mass is 32.1. The largest absolute Gasteiger partial charge is 0.434 e. The minimum atomic E-state index is -4.53. The van der Waals surface area contributed by atoms with E-state index >= 15 is 0 Å². The summed E-state index contributed by atoms with van der Waals surface area (Å²) in [5, 5.41) is 10.2. The summed E-state index contributed by atoms with van der Waals surface area (Å²) in [6.45, 7) is 3.91. The second-order valence-corrected chi connectivity index (χ2v) is 6.60. The van der Waals surface area contributed by atoms with Gasteiger partial charge >= 0.3 is 12.2 Å². The van der Waals surface area contributed by atoms with Gasteiger partial charge in [0, 0.05) is 23.2 Å². The predicted octanol–water partition coefficient (Wildman–Crippen LogP) is 4.29. The number of rotatable bonds is 4. The number of halogens is 3. The number of amides is 2. The molecule has 3 aromatic rings. The highest BCUT2D eigenvalue weighted by Crippen LogP contribution is 2.31. The van der Waals surface area contributed by atoms with Gasteiger partial charge in [-0.1, -0.05) is 18.2 Å². The van der Waals surface area contributed by atoms with Gasteiger partial charge in [0.1, 0.15) is 0 Å². The number of aromatic nitrogens is 3. The zero-order valence-corrected chi connectivity index (χ0v) is 15.3. The Morgan fingerprint density at radius 2 is 1.93 bits per heavy atom. The number of benzene rings is 1. The number of hydrogen-bond donors (Lipinski definition) is 2. The van der Waals surface area contributed by atoms with Crippen molar-refractivity contribution in [2.24, 2.45) is 0 Å². The quantitative estimate of drug-likeness (QED) is 0.692. The van der Waals surface area contributed by atoms with Crippen LogP contribution in [0.25, 0.3) is 5.69 Å². The molecule has 0 saturated heterocycles. The molecule has 0 bridgehead atoms. The van der Waals surface area contributed by atoms with Gasteiger partial charge < -0.3 is 5.32 Å². The topological polar surface area (TPSA) is 71.8 Å². The Bertz CT molecular complexity index is 949. The molecule has 0 unspecified atom stereocenters. The average molecular weight is 395 g/mol. The molecular weight excluding hydrogens is 379 g/mol. The van der Waals surface area contributed by atoms with Crippen LogP contribution in [0.3, 0.4) is 0 Å². The number of anilines is 1. The number of alkyl halides is 3. The molecule has 6 nitrogen and oxygen atoms in total.